The van der Waals surface area contributed by atoms with Crippen LogP contribution in [0.2, 0.25) is 5.02 Å². The Labute approximate surface area is 199 Å². The zero-order valence-corrected chi connectivity index (χ0v) is 19.8. The minimum absolute atomic E-state index is 0.0690. The highest BCUT2D eigenvalue weighted by Gasteiger charge is 2.43. The predicted molar refractivity (Wildman–Crippen MR) is 131 cm³/mol. The van der Waals surface area contributed by atoms with Crippen molar-refractivity contribution in [2.45, 2.75) is 69.0 Å². The lowest BCUT2D eigenvalue weighted by Gasteiger charge is -2.35. The topological polar surface area (TPSA) is 58.1 Å². The van der Waals surface area contributed by atoms with Crippen LogP contribution in [0.25, 0.3) is 10.9 Å². The van der Waals surface area contributed by atoms with Gasteiger partial charge in [0.2, 0.25) is 0 Å². The van der Waals surface area contributed by atoms with Crippen molar-refractivity contribution >= 4 is 28.4 Å². The number of carbonyl (C=O) groups excluding carboxylic acids is 1. The van der Waals surface area contributed by atoms with Crippen molar-refractivity contribution in [3.05, 3.63) is 70.1 Å². The molecule has 3 aromatic rings. The predicted octanol–water partition coefficient (Wildman–Crippen LogP) is 5.22. The molecular formula is C27H29ClN4O. The van der Waals surface area contributed by atoms with Crippen LogP contribution in [-0.4, -0.2) is 45.9 Å². The molecule has 1 N–H and O–H groups in total. The zero-order chi connectivity index (χ0) is 22.7. The lowest BCUT2D eigenvalue weighted by Crippen LogP contribution is -2.48. The van der Waals surface area contributed by atoms with Crippen molar-refractivity contribution in [1.82, 2.24) is 20.2 Å². The van der Waals surface area contributed by atoms with E-state index in [9.17, 15) is 4.79 Å². The van der Waals surface area contributed by atoms with Crippen molar-refractivity contribution in [3.63, 3.8) is 0 Å². The Morgan fingerprint density at radius 3 is 2.55 bits per heavy atom. The van der Waals surface area contributed by atoms with Gasteiger partial charge >= 0.3 is 0 Å². The third-order valence-electron chi connectivity index (χ3n) is 7.85. The van der Waals surface area contributed by atoms with Crippen LogP contribution in [0.3, 0.4) is 0 Å². The number of fused-ring (bicyclic) bond motifs is 3. The molecule has 0 radical (unpaired) electrons. The number of amides is 1. The van der Waals surface area contributed by atoms with Crippen molar-refractivity contribution < 1.29 is 4.79 Å². The number of hydrogen-bond acceptors (Lipinski definition) is 4. The molecule has 1 aromatic heterocycles. The van der Waals surface area contributed by atoms with Crippen molar-refractivity contribution in [2.24, 2.45) is 0 Å². The van der Waals surface area contributed by atoms with E-state index in [2.05, 4.69) is 22.4 Å². The number of nitrogens with one attached hydrogen (secondary N) is 1. The molecule has 1 saturated carbocycles. The van der Waals surface area contributed by atoms with Gasteiger partial charge in [0.15, 0.2) is 0 Å². The molecule has 1 unspecified atom stereocenters. The van der Waals surface area contributed by atoms with E-state index in [1.54, 1.807) is 0 Å². The van der Waals surface area contributed by atoms with Crippen LogP contribution in [0.15, 0.2) is 42.5 Å². The van der Waals surface area contributed by atoms with Crippen molar-refractivity contribution in [2.75, 3.05) is 7.05 Å². The first-order chi connectivity index (χ1) is 16.0. The largest absolute Gasteiger partial charge is 0.339 e. The molecule has 6 heteroatoms. The summed E-state index contributed by atoms with van der Waals surface area (Å²) in [5.41, 5.74) is 3.89. The minimum Gasteiger partial charge on any atom is -0.339 e. The van der Waals surface area contributed by atoms with E-state index in [1.165, 1.54) is 12.8 Å². The number of benzene rings is 2. The van der Waals surface area contributed by atoms with E-state index in [0.717, 1.165) is 47.2 Å². The SMILES string of the molecule is Cc1nc([C@@H]2C[C@H]2c2ccc(C(=O)N(C)C3C[C@H]4CC[C@@H](C3)N4)cc2Cl)c2ccccc2n1. The molecule has 170 valence electrons. The monoisotopic (exact) mass is 460 g/mol. The lowest BCUT2D eigenvalue weighted by atomic mass is 9.97. The number of para-hydroxylation sites is 1. The number of aromatic nitrogens is 2. The summed E-state index contributed by atoms with van der Waals surface area (Å²) in [5, 5.41) is 5.46. The second kappa shape index (κ2) is 8.07. The quantitative estimate of drug-likeness (QED) is 0.580. The number of aryl methyl sites for hydroxylation is 1. The standard InChI is InChI=1S/C27H29ClN4O/c1-15-29-25-6-4-3-5-21(25)26(30-15)23-14-22(23)20-10-7-16(11-24(20)28)27(33)32(2)19-12-17-8-9-18(13-19)31-17/h3-7,10-11,17-19,22-23,31H,8-9,12-14H2,1-2H3/t17-,18+,19?,22-,23+/m0/s1. The van der Waals surface area contributed by atoms with Gasteiger partial charge in [-0.05, 0) is 68.7 Å². The fraction of sp³-hybridized carbons (Fsp3) is 0.444. The summed E-state index contributed by atoms with van der Waals surface area (Å²) < 4.78 is 0. The Hall–Kier alpha value is -2.50. The zero-order valence-electron chi connectivity index (χ0n) is 19.1. The van der Waals surface area contributed by atoms with Gasteiger partial charge in [-0.3, -0.25) is 4.79 Å². The third kappa shape index (κ3) is 3.81. The normalized spacial score (nSPS) is 28.2. The molecule has 1 amide bonds. The van der Waals surface area contributed by atoms with Crippen LogP contribution >= 0.6 is 11.6 Å². The van der Waals surface area contributed by atoms with Crippen LogP contribution in [0.5, 0.6) is 0 Å². The van der Waals surface area contributed by atoms with Gasteiger partial charge in [-0.1, -0.05) is 35.9 Å². The van der Waals surface area contributed by atoms with Crippen LogP contribution in [-0.2, 0) is 0 Å². The molecular weight excluding hydrogens is 432 g/mol. The van der Waals surface area contributed by atoms with Crippen LogP contribution in [0.4, 0.5) is 0 Å². The Bertz CT molecular complexity index is 1230. The maximum absolute atomic E-state index is 13.2. The summed E-state index contributed by atoms with van der Waals surface area (Å²) in [5.74, 6) is 1.54. The first-order valence-corrected chi connectivity index (χ1v) is 12.4. The van der Waals surface area contributed by atoms with E-state index < -0.39 is 0 Å². The van der Waals surface area contributed by atoms with Gasteiger partial charge in [0, 0.05) is 47.1 Å². The Morgan fingerprint density at radius 2 is 1.79 bits per heavy atom. The average molecular weight is 461 g/mol. The average Bonchev–Trinajstić information content (AvgIpc) is 3.54. The maximum Gasteiger partial charge on any atom is 0.253 e. The number of hydrogen-bond donors (Lipinski definition) is 1. The van der Waals surface area contributed by atoms with E-state index in [1.807, 2.05) is 49.2 Å². The van der Waals surface area contributed by atoms with Crippen LogP contribution in [0.1, 0.15) is 71.4 Å². The highest BCUT2D eigenvalue weighted by molar-refractivity contribution is 6.31. The van der Waals surface area contributed by atoms with E-state index in [4.69, 9.17) is 16.6 Å². The van der Waals surface area contributed by atoms with Gasteiger partial charge < -0.3 is 10.2 Å². The lowest BCUT2D eigenvalue weighted by molar-refractivity contribution is 0.0681. The molecule has 3 aliphatic rings. The molecule has 33 heavy (non-hydrogen) atoms. The molecule has 0 spiro atoms. The molecule has 1 aliphatic carbocycles. The summed E-state index contributed by atoms with van der Waals surface area (Å²) in [6.45, 7) is 1.95. The van der Waals surface area contributed by atoms with E-state index in [-0.39, 0.29) is 5.91 Å². The maximum atomic E-state index is 13.2. The summed E-state index contributed by atoms with van der Waals surface area (Å²) in [6, 6.07) is 15.5. The fourth-order valence-electron chi connectivity index (χ4n) is 6.02. The molecule has 2 aliphatic heterocycles. The molecule has 5 atom stereocenters. The minimum atomic E-state index is 0.0690. The number of halogens is 1. The summed E-state index contributed by atoms with van der Waals surface area (Å²) >= 11 is 6.74. The second-order valence-electron chi connectivity index (χ2n) is 10.0. The molecule has 2 saturated heterocycles. The molecule has 3 fully saturated rings. The van der Waals surface area contributed by atoms with Gasteiger partial charge in [0.05, 0.1) is 11.2 Å². The number of carbonyl (C=O) groups is 1. The van der Waals surface area contributed by atoms with Crippen molar-refractivity contribution in [1.29, 1.82) is 0 Å². The Kier molecular flexibility index (Phi) is 5.15. The van der Waals surface area contributed by atoms with E-state index in [0.29, 0.717) is 40.5 Å². The molecule has 3 heterocycles. The fourth-order valence-corrected chi connectivity index (χ4v) is 6.34. The number of rotatable bonds is 4. The molecule has 5 nitrogen and oxygen atoms in total. The van der Waals surface area contributed by atoms with Crippen LogP contribution < -0.4 is 5.32 Å². The van der Waals surface area contributed by atoms with Gasteiger partial charge in [0.1, 0.15) is 5.82 Å². The number of piperidine rings is 1. The Balaban J connectivity index is 1.21. The third-order valence-corrected chi connectivity index (χ3v) is 8.18. The number of nitrogens with zero attached hydrogens (tertiary/aromatic N) is 3. The molecule has 6 rings (SSSR count). The first kappa shape index (κ1) is 21.1. The van der Waals surface area contributed by atoms with Crippen molar-refractivity contribution in [3.8, 4) is 0 Å². The highest BCUT2D eigenvalue weighted by atomic mass is 35.5. The van der Waals surface area contributed by atoms with E-state index >= 15 is 0 Å². The summed E-state index contributed by atoms with van der Waals surface area (Å²) in [6.07, 6.45) is 5.56. The highest BCUT2D eigenvalue weighted by Crippen LogP contribution is 2.56. The molecule has 2 aromatic carbocycles. The summed E-state index contributed by atoms with van der Waals surface area (Å²) in [7, 11) is 1.94. The smallest absolute Gasteiger partial charge is 0.253 e. The second-order valence-corrected chi connectivity index (χ2v) is 10.4. The Morgan fingerprint density at radius 1 is 1.03 bits per heavy atom. The molecule has 2 bridgehead atoms. The first-order valence-electron chi connectivity index (χ1n) is 12.0. The van der Waals surface area contributed by atoms with Gasteiger partial charge in [-0.2, -0.15) is 0 Å². The summed E-state index contributed by atoms with van der Waals surface area (Å²) in [4.78, 5) is 24.5. The van der Waals surface area contributed by atoms with Gasteiger partial charge in [0.25, 0.3) is 5.91 Å². The van der Waals surface area contributed by atoms with Gasteiger partial charge in [-0.25, -0.2) is 9.97 Å². The van der Waals surface area contributed by atoms with Gasteiger partial charge in [-0.15, -0.1) is 0 Å². The van der Waals surface area contributed by atoms with Crippen LogP contribution in [0, 0.1) is 6.92 Å².